The van der Waals surface area contributed by atoms with Gasteiger partial charge in [-0.1, -0.05) is 31.5 Å². The fourth-order valence-electron chi connectivity index (χ4n) is 3.74. The van der Waals surface area contributed by atoms with Crippen LogP contribution in [0.5, 0.6) is 0 Å². The lowest BCUT2D eigenvalue weighted by molar-refractivity contribution is -0.116. The number of hydrogen-bond donors (Lipinski definition) is 1. The number of anilines is 1. The van der Waals surface area contributed by atoms with E-state index < -0.39 is 10.0 Å². The maximum atomic E-state index is 12.9. The SMILES string of the molecule is CCN(CC)S(=O)(=O)c1ccc2c(c1)nc(CCC(=O)Nc1ccc(C)cc1Cl)n2CC. The van der Waals surface area contributed by atoms with Gasteiger partial charge in [-0.3, -0.25) is 4.79 Å². The van der Waals surface area contributed by atoms with E-state index in [9.17, 15) is 13.2 Å². The summed E-state index contributed by atoms with van der Waals surface area (Å²) in [6.07, 6.45) is 0.661. The van der Waals surface area contributed by atoms with Crippen LogP contribution in [0.2, 0.25) is 5.02 Å². The van der Waals surface area contributed by atoms with Gasteiger partial charge in [0.2, 0.25) is 15.9 Å². The number of nitrogens with one attached hydrogen (secondary N) is 1. The number of sulfonamides is 1. The van der Waals surface area contributed by atoms with Crippen molar-refractivity contribution in [2.24, 2.45) is 0 Å². The van der Waals surface area contributed by atoms with E-state index in [4.69, 9.17) is 11.6 Å². The lowest BCUT2D eigenvalue weighted by Crippen LogP contribution is -2.30. The van der Waals surface area contributed by atoms with Crippen LogP contribution in [0.3, 0.4) is 0 Å². The summed E-state index contributed by atoms with van der Waals surface area (Å²) >= 11 is 6.20. The molecule has 9 heteroatoms. The number of nitrogens with zero attached hydrogens (tertiary/aromatic N) is 3. The second-order valence-corrected chi connectivity index (χ2v) is 9.89. The van der Waals surface area contributed by atoms with E-state index in [0.29, 0.717) is 42.3 Å². The second-order valence-electron chi connectivity index (χ2n) is 7.54. The molecule has 0 unspecified atom stereocenters. The van der Waals surface area contributed by atoms with Crippen molar-refractivity contribution in [3.05, 3.63) is 52.8 Å². The summed E-state index contributed by atoms with van der Waals surface area (Å²) in [7, 11) is -3.56. The number of rotatable bonds is 9. The van der Waals surface area contributed by atoms with Crippen molar-refractivity contribution in [3.8, 4) is 0 Å². The van der Waals surface area contributed by atoms with Crippen LogP contribution in [0.4, 0.5) is 5.69 Å². The number of carbonyl (C=O) groups is 1. The van der Waals surface area contributed by atoms with Crippen LogP contribution in [0.25, 0.3) is 11.0 Å². The fourth-order valence-corrected chi connectivity index (χ4v) is 5.50. The molecule has 2 aromatic carbocycles. The van der Waals surface area contributed by atoms with Crippen LogP contribution in [0.1, 0.15) is 38.6 Å². The highest BCUT2D eigenvalue weighted by atomic mass is 35.5. The topological polar surface area (TPSA) is 84.3 Å². The lowest BCUT2D eigenvalue weighted by atomic mass is 10.2. The number of benzene rings is 2. The average molecular weight is 477 g/mol. The molecule has 1 amide bonds. The van der Waals surface area contributed by atoms with E-state index in [0.717, 1.165) is 16.9 Å². The molecule has 0 fully saturated rings. The molecular formula is C23H29ClN4O3S. The van der Waals surface area contributed by atoms with Gasteiger partial charge in [0, 0.05) is 32.5 Å². The van der Waals surface area contributed by atoms with Crippen molar-refractivity contribution in [1.29, 1.82) is 0 Å². The van der Waals surface area contributed by atoms with Gasteiger partial charge in [0.25, 0.3) is 0 Å². The van der Waals surface area contributed by atoms with Crippen molar-refractivity contribution in [1.82, 2.24) is 13.9 Å². The summed E-state index contributed by atoms with van der Waals surface area (Å²) in [5.41, 5.74) is 3.06. The first-order chi connectivity index (χ1) is 15.2. The zero-order chi connectivity index (χ0) is 23.5. The quantitative estimate of drug-likeness (QED) is 0.488. The van der Waals surface area contributed by atoms with Crippen molar-refractivity contribution in [2.75, 3.05) is 18.4 Å². The summed E-state index contributed by atoms with van der Waals surface area (Å²) in [6, 6.07) is 10.5. The van der Waals surface area contributed by atoms with E-state index in [1.54, 1.807) is 30.3 Å². The molecule has 1 aromatic heterocycles. The Balaban J connectivity index is 1.81. The normalized spacial score (nSPS) is 11.9. The first-order valence-electron chi connectivity index (χ1n) is 10.8. The molecule has 32 heavy (non-hydrogen) atoms. The average Bonchev–Trinajstić information content (AvgIpc) is 3.11. The Labute approximate surface area is 194 Å². The summed E-state index contributed by atoms with van der Waals surface area (Å²) in [5, 5.41) is 3.34. The molecule has 0 spiro atoms. The highest BCUT2D eigenvalue weighted by Gasteiger charge is 2.23. The molecule has 172 valence electrons. The Morgan fingerprint density at radius 2 is 1.84 bits per heavy atom. The number of aryl methyl sites for hydroxylation is 3. The number of fused-ring (bicyclic) bond motifs is 1. The van der Waals surface area contributed by atoms with E-state index >= 15 is 0 Å². The van der Waals surface area contributed by atoms with Crippen LogP contribution in [-0.4, -0.2) is 41.3 Å². The fraction of sp³-hybridized carbons (Fsp3) is 0.391. The molecule has 3 rings (SSSR count). The van der Waals surface area contributed by atoms with Crippen molar-refractivity contribution < 1.29 is 13.2 Å². The van der Waals surface area contributed by atoms with Crippen LogP contribution < -0.4 is 5.32 Å². The number of halogens is 1. The second kappa shape index (κ2) is 10.0. The minimum absolute atomic E-state index is 0.157. The molecule has 0 aliphatic heterocycles. The highest BCUT2D eigenvalue weighted by molar-refractivity contribution is 7.89. The minimum Gasteiger partial charge on any atom is -0.328 e. The van der Waals surface area contributed by atoms with Gasteiger partial charge in [-0.05, 0) is 49.7 Å². The summed E-state index contributed by atoms with van der Waals surface area (Å²) in [5.74, 6) is 0.584. The molecule has 0 radical (unpaired) electrons. The van der Waals surface area contributed by atoms with Gasteiger partial charge in [-0.15, -0.1) is 0 Å². The zero-order valence-corrected chi connectivity index (χ0v) is 20.4. The first kappa shape index (κ1) is 24.2. The lowest BCUT2D eigenvalue weighted by Gasteiger charge is -2.18. The Morgan fingerprint density at radius 3 is 2.47 bits per heavy atom. The third-order valence-corrected chi connectivity index (χ3v) is 7.79. The van der Waals surface area contributed by atoms with Crippen molar-refractivity contribution >= 4 is 44.3 Å². The minimum atomic E-state index is -3.56. The molecule has 7 nitrogen and oxygen atoms in total. The van der Waals surface area contributed by atoms with Crippen LogP contribution in [-0.2, 0) is 27.8 Å². The largest absolute Gasteiger partial charge is 0.328 e. The monoisotopic (exact) mass is 476 g/mol. The summed E-state index contributed by atoms with van der Waals surface area (Å²) in [4.78, 5) is 17.4. The predicted molar refractivity (Wildman–Crippen MR) is 129 cm³/mol. The molecular weight excluding hydrogens is 448 g/mol. The van der Waals surface area contributed by atoms with Crippen LogP contribution in [0, 0.1) is 6.92 Å². The van der Waals surface area contributed by atoms with Crippen LogP contribution >= 0.6 is 11.6 Å². The molecule has 0 bridgehead atoms. The molecule has 1 N–H and O–H groups in total. The van der Waals surface area contributed by atoms with Gasteiger partial charge >= 0.3 is 0 Å². The molecule has 0 aliphatic rings. The summed E-state index contributed by atoms with van der Waals surface area (Å²) in [6.45, 7) is 9.05. The molecule has 3 aromatic rings. The molecule has 1 heterocycles. The molecule has 0 aliphatic carbocycles. The van der Waals surface area contributed by atoms with Crippen molar-refractivity contribution in [3.63, 3.8) is 0 Å². The Hall–Kier alpha value is -2.42. The van der Waals surface area contributed by atoms with Crippen LogP contribution in [0.15, 0.2) is 41.3 Å². The smallest absolute Gasteiger partial charge is 0.243 e. The van der Waals surface area contributed by atoms with E-state index in [1.165, 1.54) is 4.31 Å². The van der Waals surface area contributed by atoms with E-state index in [-0.39, 0.29) is 17.2 Å². The number of hydrogen-bond acceptors (Lipinski definition) is 4. The first-order valence-corrected chi connectivity index (χ1v) is 12.6. The maximum absolute atomic E-state index is 12.9. The van der Waals surface area contributed by atoms with Gasteiger partial charge in [-0.2, -0.15) is 4.31 Å². The Morgan fingerprint density at radius 1 is 1.12 bits per heavy atom. The third kappa shape index (κ3) is 4.98. The number of aromatic nitrogens is 2. The predicted octanol–water partition coefficient (Wildman–Crippen LogP) is 4.62. The number of carbonyl (C=O) groups excluding carboxylic acids is 1. The van der Waals surface area contributed by atoms with E-state index in [2.05, 4.69) is 10.3 Å². The standard InChI is InChI=1S/C23H29ClN4O3S/c1-5-27(6-2)32(30,31)17-9-11-21-20(15-17)25-22(28(21)7-3)12-13-23(29)26-19-10-8-16(4)14-18(19)24/h8-11,14-15H,5-7,12-13H2,1-4H3,(H,26,29). The van der Waals surface area contributed by atoms with Gasteiger partial charge in [0.05, 0.1) is 26.6 Å². The highest BCUT2D eigenvalue weighted by Crippen LogP contribution is 2.25. The van der Waals surface area contributed by atoms with E-state index in [1.807, 2.05) is 38.3 Å². The number of imidazole rings is 1. The molecule has 0 saturated heterocycles. The van der Waals surface area contributed by atoms with Gasteiger partial charge < -0.3 is 9.88 Å². The summed E-state index contributed by atoms with van der Waals surface area (Å²) < 4.78 is 29.2. The Bertz CT molecular complexity index is 1230. The Kier molecular flexibility index (Phi) is 7.59. The zero-order valence-electron chi connectivity index (χ0n) is 18.9. The van der Waals surface area contributed by atoms with Gasteiger partial charge in [-0.25, -0.2) is 13.4 Å². The third-order valence-electron chi connectivity index (χ3n) is 5.43. The molecule has 0 saturated carbocycles. The van der Waals surface area contributed by atoms with Gasteiger partial charge in [0.1, 0.15) is 5.82 Å². The van der Waals surface area contributed by atoms with Gasteiger partial charge in [0.15, 0.2) is 0 Å². The molecule has 0 atom stereocenters. The number of amides is 1. The maximum Gasteiger partial charge on any atom is 0.243 e. The van der Waals surface area contributed by atoms with Crippen molar-refractivity contribution in [2.45, 2.75) is 52.0 Å².